The predicted molar refractivity (Wildman–Crippen MR) is 61.0 cm³/mol. The Hall–Kier alpha value is -2.18. The van der Waals surface area contributed by atoms with Gasteiger partial charge in [0.15, 0.2) is 0 Å². The highest BCUT2D eigenvalue weighted by Crippen LogP contribution is 2.17. The van der Waals surface area contributed by atoms with E-state index < -0.39 is 16.8 Å². The summed E-state index contributed by atoms with van der Waals surface area (Å²) in [5.41, 5.74) is -0.0650. The second-order valence-corrected chi connectivity index (χ2v) is 3.75. The maximum absolute atomic E-state index is 10.7. The van der Waals surface area contributed by atoms with Crippen LogP contribution in [0.1, 0.15) is 6.92 Å². The Labute approximate surface area is 97.8 Å². The molecule has 1 N–H and O–H groups in total. The van der Waals surface area contributed by atoms with Crippen molar-refractivity contribution in [1.82, 2.24) is 4.98 Å². The highest BCUT2D eigenvalue weighted by Gasteiger charge is 2.16. The summed E-state index contributed by atoms with van der Waals surface area (Å²) in [5.74, 6) is -1.10. The lowest BCUT2D eigenvalue weighted by atomic mass is 10.2. The summed E-state index contributed by atoms with van der Waals surface area (Å²) in [7, 11) is 1.64. The number of aliphatic carboxylic acids is 1. The van der Waals surface area contributed by atoms with Crippen LogP contribution in [-0.2, 0) is 4.79 Å². The van der Waals surface area contributed by atoms with E-state index in [4.69, 9.17) is 5.11 Å². The SMILES string of the molecule is CC(CN(C)c1cc([N+](=O)[O-])ccn1)C(=O)O. The predicted octanol–water partition coefficient (Wildman–Crippen LogP) is 1.15. The van der Waals surface area contributed by atoms with Crippen molar-refractivity contribution in [3.8, 4) is 0 Å². The zero-order valence-corrected chi connectivity index (χ0v) is 9.53. The van der Waals surface area contributed by atoms with E-state index in [9.17, 15) is 14.9 Å². The minimum atomic E-state index is -0.915. The quantitative estimate of drug-likeness (QED) is 0.611. The van der Waals surface area contributed by atoms with Gasteiger partial charge in [-0.25, -0.2) is 4.98 Å². The second-order valence-electron chi connectivity index (χ2n) is 3.75. The lowest BCUT2D eigenvalue weighted by Crippen LogP contribution is -2.28. The molecule has 0 fully saturated rings. The van der Waals surface area contributed by atoms with Crippen molar-refractivity contribution < 1.29 is 14.8 Å². The van der Waals surface area contributed by atoms with Crippen LogP contribution in [-0.4, -0.2) is 34.6 Å². The molecule has 0 aromatic carbocycles. The first kappa shape index (κ1) is 12.9. The van der Waals surface area contributed by atoms with Crippen LogP contribution in [0, 0.1) is 16.0 Å². The number of rotatable bonds is 5. The van der Waals surface area contributed by atoms with Crippen molar-refractivity contribution in [2.24, 2.45) is 5.92 Å². The third-order valence-corrected chi connectivity index (χ3v) is 2.30. The van der Waals surface area contributed by atoms with Crippen molar-refractivity contribution in [1.29, 1.82) is 0 Å². The van der Waals surface area contributed by atoms with E-state index in [1.54, 1.807) is 18.9 Å². The number of nitro groups is 1. The van der Waals surface area contributed by atoms with Crippen molar-refractivity contribution in [3.63, 3.8) is 0 Å². The van der Waals surface area contributed by atoms with Gasteiger partial charge in [0.05, 0.1) is 16.9 Å². The van der Waals surface area contributed by atoms with Crippen LogP contribution in [0.2, 0.25) is 0 Å². The Balaban J connectivity index is 2.82. The first-order chi connectivity index (χ1) is 7.91. The maximum Gasteiger partial charge on any atom is 0.308 e. The van der Waals surface area contributed by atoms with E-state index in [0.29, 0.717) is 5.82 Å². The third-order valence-electron chi connectivity index (χ3n) is 2.30. The Bertz CT molecular complexity index is 435. The number of anilines is 1. The van der Waals surface area contributed by atoms with Gasteiger partial charge in [-0.1, -0.05) is 6.92 Å². The van der Waals surface area contributed by atoms with Gasteiger partial charge in [-0.3, -0.25) is 14.9 Å². The van der Waals surface area contributed by atoms with Crippen LogP contribution in [0.25, 0.3) is 0 Å². The first-order valence-electron chi connectivity index (χ1n) is 4.96. The number of hydrogen-bond donors (Lipinski definition) is 1. The summed E-state index contributed by atoms with van der Waals surface area (Å²) in [4.78, 5) is 26.3. The van der Waals surface area contributed by atoms with Crippen LogP contribution in [0.4, 0.5) is 11.5 Å². The van der Waals surface area contributed by atoms with E-state index in [0.717, 1.165) is 0 Å². The Morgan fingerprint density at radius 2 is 2.35 bits per heavy atom. The molecule has 1 atom stereocenters. The summed E-state index contributed by atoms with van der Waals surface area (Å²) in [6, 6.07) is 2.60. The van der Waals surface area contributed by atoms with Crippen molar-refractivity contribution in [2.75, 3.05) is 18.5 Å². The van der Waals surface area contributed by atoms with Gasteiger partial charge in [0.1, 0.15) is 5.82 Å². The Morgan fingerprint density at radius 1 is 1.71 bits per heavy atom. The fourth-order valence-corrected chi connectivity index (χ4v) is 1.31. The molecule has 0 bridgehead atoms. The molecular weight excluding hydrogens is 226 g/mol. The molecule has 7 nitrogen and oxygen atoms in total. The number of carboxylic acid groups (broad SMARTS) is 1. The molecule has 0 spiro atoms. The van der Waals surface area contributed by atoms with Gasteiger partial charge in [0.2, 0.25) is 0 Å². The molecule has 92 valence electrons. The van der Waals surface area contributed by atoms with Gasteiger partial charge in [-0.15, -0.1) is 0 Å². The molecule has 0 aliphatic carbocycles. The molecule has 1 aromatic rings. The maximum atomic E-state index is 10.7. The topological polar surface area (TPSA) is 96.6 Å². The smallest absolute Gasteiger partial charge is 0.308 e. The molecule has 0 amide bonds. The summed E-state index contributed by atoms with van der Waals surface area (Å²) in [5, 5.41) is 19.3. The largest absolute Gasteiger partial charge is 0.481 e. The average molecular weight is 239 g/mol. The number of hydrogen-bond acceptors (Lipinski definition) is 5. The molecule has 0 aliphatic heterocycles. The Kier molecular flexibility index (Phi) is 3.97. The molecular formula is C10H13N3O4. The summed E-state index contributed by atoms with van der Waals surface area (Å²) < 4.78 is 0. The number of carboxylic acids is 1. The van der Waals surface area contributed by atoms with E-state index in [1.807, 2.05) is 0 Å². The third kappa shape index (κ3) is 3.40. The lowest BCUT2D eigenvalue weighted by molar-refractivity contribution is -0.384. The highest BCUT2D eigenvalue weighted by atomic mass is 16.6. The zero-order valence-electron chi connectivity index (χ0n) is 9.53. The van der Waals surface area contributed by atoms with Crippen molar-refractivity contribution >= 4 is 17.5 Å². The molecule has 17 heavy (non-hydrogen) atoms. The number of nitrogens with zero attached hydrogens (tertiary/aromatic N) is 3. The van der Waals surface area contributed by atoms with E-state index in [2.05, 4.69) is 4.98 Å². The fraction of sp³-hybridized carbons (Fsp3) is 0.400. The zero-order chi connectivity index (χ0) is 13.0. The molecule has 0 saturated heterocycles. The minimum absolute atomic E-state index is 0.0650. The van der Waals surface area contributed by atoms with E-state index >= 15 is 0 Å². The molecule has 1 rings (SSSR count). The normalized spacial score (nSPS) is 11.9. The number of carbonyl (C=O) groups is 1. The number of aromatic nitrogens is 1. The van der Waals surface area contributed by atoms with Gasteiger partial charge >= 0.3 is 5.97 Å². The summed E-state index contributed by atoms with van der Waals surface area (Å²) in [6.45, 7) is 1.81. The van der Waals surface area contributed by atoms with Gasteiger partial charge in [0.25, 0.3) is 5.69 Å². The monoisotopic (exact) mass is 239 g/mol. The average Bonchev–Trinajstić information content (AvgIpc) is 2.28. The van der Waals surface area contributed by atoms with Crippen LogP contribution in [0.5, 0.6) is 0 Å². The van der Waals surface area contributed by atoms with E-state index in [1.165, 1.54) is 18.3 Å². The van der Waals surface area contributed by atoms with Gasteiger partial charge in [-0.2, -0.15) is 0 Å². The fourth-order valence-electron chi connectivity index (χ4n) is 1.31. The molecule has 1 aromatic heterocycles. The summed E-state index contributed by atoms with van der Waals surface area (Å²) in [6.07, 6.45) is 1.33. The van der Waals surface area contributed by atoms with E-state index in [-0.39, 0.29) is 12.2 Å². The van der Waals surface area contributed by atoms with Gasteiger partial charge in [-0.05, 0) is 0 Å². The van der Waals surface area contributed by atoms with Gasteiger partial charge in [0, 0.05) is 25.9 Å². The van der Waals surface area contributed by atoms with Crippen LogP contribution in [0.15, 0.2) is 18.3 Å². The van der Waals surface area contributed by atoms with Crippen molar-refractivity contribution in [2.45, 2.75) is 6.92 Å². The van der Waals surface area contributed by atoms with Crippen LogP contribution in [0.3, 0.4) is 0 Å². The molecule has 1 unspecified atom stereocenters. The molecule has 0 saturated carbocycles. The minimum Gasteiger partial charge on any atom is -0.481 e. The highest BCUT2D eigenvalue weighted by molar-refractivity contribution is 5.70. The second kappa shape index (κ2) is 5.24. The van der Waals surface area contributed by atoms with Crippen LogP contribution >= 0.6 is 0 Å². The first-order valence-corrected chi connectivity index (χ1v) is 4.96. The standard InChI is InChI=1S/C10H13N3O4/c1-7(10(14)15)6-12(2)9-5-8(13(16)17)3-4-11-9/h3-5,7H,6H2,1-2H3,(H,14,15). The molecule has 7 heteroatoms. The molecule has 0 aliphatic rings. The van der Waals surface area contributed by atoms with Gasteiger partial charge < -0.3 is 10.0 Å². The Morgan fingerprint density at radius 3 is 2.88 bits per heavy atom. The van der Waals surface area contributed by atoms with Crippen LogP contribution < -0.4 is 4.90 Å². The molecule has 1 heterocycles. The molecule has 0 radical (unpaired) electrons. The lowest BCUT2D eigenvalue weighted by Gasteiger charge is -2.19. The van der Waals surface area contributed by atoms with Crippen molar-refractivity contribution in [3.05, 3.63) is 28.4 Å². The summed E-state index contributed by atoms with van der Waals surface area (Å²) >= 11 is 0. The number of pyridine rings is 1.